The van der Waals surface area contributed by atoms with E-state index in [2.05, 4.69) is 109 Å². The fourth-order valence-electron chi connectivity index (χ4n) is 3.72. The highest BCUT2D eigenvalue weighted by Gasteiger charge is 2.10. The van der Waals surface area contributed by atoms with E-state index in [9.17, 15) is 0 Å². The van der Waals surface area contributed by atoms with Crippen LogP contribution in [0, 0.1) is 6.92 Å². The zero-order chi connectivity index (χ0) is 28.8. The number of allylic oxidation sites excluding steroid dienone is 1. The van der Waals surface area contributed by atoms with E-state index in [4.69, 9.17) is 4.98 Å². The molecule has 5 aromatic rings. The van der Waals surface area contributed by atoms with Crippen molar-refractivity contribution in [2.75, 3.05) is 5.32 Å². The first-order chi connectivity index (χ1) is 19.0. The normalized spacial score (nSPS) is 9.59. The van der Waals surface area contributed by atoms with Gasteiger partial charge in [-0.25, -0.2) is 9.50 Å². The number of anilines is 2. The highest BCUT2D eigenvalue weighted by Crippen LogP contribution is 2.27. The first-order valence-electron chi connectivity index (χ1n) is 13.4. The molecule has 0 unspecified atom stereocenters. The van der Waals surface area contributed by atoms with Crippen LogP contribution in [-0.4, -0.2) is 14.6 Å². The quantitative estimate of drug-likeness (QED) is 0.243. The Morgan fingerprint density at radius 1 is 0.821 bits per heavy atom. The van der Waals surface area contributed by atoms with E-state index in [1.807, 2.05) is 53.1 Å². The Bertz CT molecular complexity index is 1450. The average Bonchev–Trinajstić information content (AvgIpc) is 3.40. The number of nitrogens with zero attached hydrogens (tertiary/aromatic N) is 3. The lowest BCUT2D eigenvalue weighted by Gasteiger charge is -2.08. The van der Waals surface area contributed by atoms with Crippen molar-refractivity contribution < 1.29 is 0 Å². The predicted octanol–water partition coefficient (Wildman–Crippen LogP) is 9.29. The molecule has 3 N–H and O–H groups in total. The molecule has 0 atom stereocenters. The Morgan fingerprint density at radius 3 is 1.87 bits per heavy atom. The van der Waals surface area contributed by atoms with Crippen molar-refractivity contribution in [3.05, 3.63) is 122 Å². The zero-order valence-electron chi connectivity index (χ0n) is 24.1. The molecule has 5 nitrogen and oxygen atoms in total. The molecule has 2 aromatic heterocycles. The third kappa shape index (κ3) is 8.17. The molecule has 202 valence electrons. The van der Waals surface area contributed by atoms with E-state index >= 15 is 0 Å². The van der Waals surface area contributed by atoms with Gasteiger partial charge in [-0.05, 0) is 60.5 Å². The molecule has 5 heteroatoms. The molecular weight excluding hydrogens is 478 g/mol. The minimum Gasteiger partial charge on any atom is -0.405 e. The maximum absolute atomic E-state index is 4.83. The minimum atomic E-state index is 0.779. The van der Waals surface area contributed by atoms with E-state index in [0.717, 1.165) is 39.4 Å². The Kier molecular flexibility index (Phi) is 12.2. The molecule has 0 aliphatic carbocycles. The molecule has 39 heavy (non-hydrogen) atoms. The predicted molar refractivity (Wildman–Crippen MR) is 170 cm³/mol. The Hall–Kier alpha value is -4.64. The van der Waals surface area contributed by atoms with Crippen molar-refractivity contribution >= 4 is 22.7 Å². The van der Waals surface area contributed by atoms with Gasteiger partial charge in [0.2, 0.25) is 0 Å². The largest absolute Gasteiger partial charge is 0.405 e. The molecule has 0 amide bonds. The zero-order valence-corrected chi connectivity index (χ0v) is 24.1. The maximum Gasteiger partial charge on any atom is 0.165 e. The lowest BCUT2D eigenvalue weighted by atomic mass is 10.0. The van der Waals surface area contributed by atoms with Gasteiger partial charge in [0, 0.05) is 17.4 Å². The van der Waals surface area contributed by atoms with E-state index in [0.29, 0.717) is 0 Å². The van der Waals surface area contributed by atoms with Crippen LogP contribution in [0.2, 0.25) is 0 Å². The van der Waals surface area contributed by atoms with Crippen LogP contribution >= 0.6 is 0 Å². The Balaban J connectivity index is 0.000000700. The first kappa shape index (κ1) is 30.6. The lowest BCUT2D eigenvalue weighted by Crippen LogP contribution is -1.97. The molecule has 0 spiro atoms. The second kappa shape index (κ2) is 15.6. The van der Waals surface area contributed by atoms with E-state index in [-0.39, 0.29) is 0 Å². The van der Waals surface area contributed by atoms with E-state index in [1.54, 1.807) is 4.52 Å². The highest BCUT2D eigenvalue weighted by atomic mass is 15.2. The summed E-state index contributed by atoms with van der Waals surface area (Å²) in [7, 11) is 0. The molecular formula is C34H41N5. The summed E-state index contributed by atoms with van der Waals surface area (Å²) < 4.78 is 1.80. The van der Waals surface area contributed by atoms with Crippen LogP contribution in [0.25, 0.3) is 33.5 Å². The smallest absolute Gasteiger partial charge is 0.165 e. The SMILES string of the molecule is C=C(C)c1ccc(-c2cnn3ccc(Nc4ccc(-c5ccc(C)cc5)cc4)nc23)cc1.C=CN.CC.CC. The molecule has 3 aromatic carbocycles. The topological polar surface area (TPSA) is 68.2 Å². The van der Waals surface area contributed by atoms with Gasteiger partial charge in [0.15, 0.2) is 5.65 Å². The van der Waals surface area contributed by atoms with Crippen molar-refractivity contribution in [2.45, 2.75) is 41.5 Å². The number of fused-ring (bicyclic) bond motifs is 1. The van der Waals surface area contributed by atoms with Crippen LogP contribution in [0.4, 0.5) is 11.5 Å². The van der Waals surface area contributed by atoms with Gasteiger partial charge in [-0.15, -0.1) is 0 Å². The fraction of sp³-hybridized carbons (Fsp3) is 0.176. The van der Waals surface area contributed by atoms with E-state index < -0.39 is 0 Å². The van der Waals surface area contributed by atoms with Crippen LogP contribution in [0.3, 0.4) is 0 Å². The number of aryl methyl sites for hydroxylation is 1. The summed E-state index contributed by atoms with van der Waals surface area (Å²) >= 11 is 0. The molecule has 0 aliphatic rings. The number of nitrogens with two attached hydrogens (primary N) is 1. The van der Waals surface area contributed by atoms with Crippen molar-refractivity contribution in [3.63, 3.8) is 0 Å². The summed E-state index contributed by atoms with van der Waals surface area (Å²) in [4.78, 5) is 4.83. The molecule has 0 saturated heterocycles. The molecule has 0 radical (unpaired) electrons. The minimum absolute atomic E-state index is 0.779. The van der Waals surface area contributed by atoms with Gasteiger partial charge in [0.25, 0.3) is 0 Å². The molecule has 0 bridgehead atoms. The maximum atomic E-state index is 4.83. The fourth-order valence-corrected chi connectivity index (χ4v) is 3.72. The molecule has 5 rings (SSSR count). The summed E-state index contributed by atoms with van der Waals surface area (Å²) in [5.41, 5.74) is 14.3. The van der Waals surface area contributed by atoms with Crippen molar-refractivity contribution in [2.24, 2.45) is 5.73 Å². The summed E-state index contributed by atoms with van der Waals surface area (Å²) in [5, 5.41) is 7.87. The van der Waals surface area contributed by atoms with Crippen LogP contribution in [0.15, 0.2) is 111 Å². The number of benzene rings is 3. The lowest BCUT2D eigenvalue weighted by molar-refractivity contribution is 0.941. The number of aromatic nitrogens is 3. The third-order valence-corrected chi connectivity index (χ3v) is 5.60. The molecule has 0 saturated carbocycles. The van der Waals surface area contributed by atoms with E-state index in [1.165, 1.54) is 22.9 Å². The van der Waals surface area contributed by atoms with Gasteiger partial charge < -0.3 is 11.1 Å². The van der Waals surface area contributed by atoms with Gasteiger partial charge in [0.05, 0.1) is 6.20 Å². The average molecular weight is 520 g/mol. The number of nitrogens with one attached hydrogen (secondary N) is 1. The Labute approximate surface area is 233 Å². The number of hydrogen-bond donors (Lipinski definition) is 2. The standard InChI is InChI=1S/C28H24N4.C2H5N.2C2H6/c1-19(2)21-8-10-24(11-9-21)26-18-29-32-17-16-27(31-28(26)32)30-25-14-12-23(13-15-25)22-6-4-20(3)5-7-22;1-2-3;2*1-2/h4-18H,1H2,2-3H3,(H,30,31);2H,1,3H2;2*1-2H3. The molecule has 2 heterocycles. The summed E-state index contributed by atoms with van der Waals surface area (Å²) in [6.45, 7) is 19.3. The Morgan fingerprint density at radius 2 is 1.33 bits per heavy atom. The second-order valence-electron chi connectivity index (χ2n) is 8.30. The molecule has 0 fully saturated rings. The monoisotopic (exact) mass is 519 g/mol. The van der Waals surface area contributed by atoms with Crippen molar-refractivity contribution in [1.29, 1.82) is 0 Å². The highest BCUT2D eigenvalue weighted by molar-refractivity contribution is 5.79. The summed E-state index contributed by atoms with van der Waals surface area (Å²) in [5.74, 6) is 0.779. The van der Waals surface area contributed by atoms with Crippen molar-refractivity contribution in [3.8, 4) is 22.3 Å². The van der Waals surface area contributed by atoms with Crippen LogP contribution in [-0.2, 0) is 0 Å². The number of rotatable bonds is 5. The van der Waals surface area contributed by atoms with Gasteiger partial charge in [-0.3, -0.25) is 0 Å². The first-order valence-corrected chi connectivity index (χ1v) is 13.4. The van der Waals surface area contributed by atoms with Gasteiger partial charge in [-0.1, -0.05) is 113 Å². The summed E-state index contributed by atoms with van der Waals surface area (Å²) in [6.07, 6.45) is 5.04. The third-order valence-electron chi connectivity index (χ3n) is 5.60. The van der Waals surface area contributed by atoms with Gasteiger partial charge >= 0.3 is 0 Å². The summed E-state index contributed by atoms with van der Waals surface area (Å²) in [6, 6.07) is 27.3. The molecule has 0 aliphatic heterocycles. The van der Waals surface area contributed by atoms with Gasteiger partial charge in [0.1, 0.15) is 5.82 Å². The van der Waals surface area contributed by atoms with Gasteiger partial charge in [-0.2, -0.15) is 5.10 Å². The van der Waals surface area contributed by atoms with Crippen LogP contribution < -0.4 is 11.1 Å². The van der Waals surface area contributed by atoms with Crippen molar-refractivity contribution in [1.82, 2.24) is 14.6 Å². The number of hydrogen-bond acceptors (Lipinski definition) is 4. The van der Waals surface area contributed by atoms with Crippen LogP contribution in [0.5, 0.6) is 0 Å². The van der Waals surface area contributed by atoms with Crippen LogP contribution in [0.1, 0.15) is 45.7 Å². The second-order valence-corrected chi connectivity index (χ2v) is 8.30.